The van der Waals surface area contributed by atoms with Crippen LogP contribution in [-0.2, 0) is 11.3 Å². The highest BCUT2D eigenvalue weighted by Gasteiger charge is 2.07. The molecular formula is C12H13N5O3. The van der Waals surface area contributed by atoms with Crippen molar-refractivity contribution >= 4 is 23.5 Å². The van der Waals surface area contributed by atoms with Gasteiger partial charge in [-0.25, -0.2) is 4.79 Å². The molecule has 0 bridgehead atoms. The summed E-state index contributed by atoms with van der Waals surface area (Å²) in [5, 5.41) is 21.2. The van der Waals surface area contributed by atoms with E-state index in [4.69, 9.17) is 5.11 Å². The topological polar surface area (TPSA) is 109 Å². The molecule has 0 saturated heterocycles. The monoisotopic (exact) mass is 275 g/mol. The van der Waals surface area contributed by atoms with Crippen molar-refractivity contribution in [1.82, 2.24) is 15.0 Å². The zero-order valence-electron chi connectivity index (χ0n) is 10.7. The summed E-state index contributed by atoms with van der Waals surface area (Å²) in [6.07, 6.45) is 1.28. The van der Waals surface area contributed by atoms with Crippen LogP contribution >= 0.6 is 0 Å². The molecule has 3 N–H and O–H groups in total. The largest absolute Gasteiger partial charge is 0.480 e. The maximum absolute atomic E-state index is 11.7. The molecular weight excluding hydrogens is 262 g/mol. The Morgan fingerprint density at radius 1 is 1.25 bits per heavy atom. The molecule has 0 aliphatic carbocycles. The summed E-state index contributed by atoms with van der Waals surface area (Å²) in [6, 6.07) is 6.82. The summed E-state index contributed by atoms with van der Waals surface area (Å²) in [5.74, 6) is -0.882. The van der Waals surface area contributed by atoms with Crippen LogP contribution < -0.4 is 10.6 Å². The van der Waals surface area contributed by atoms with E-state index in [-0.39, 0.29) is 12.4 Å². The molecule has 2 aromatic rings. The van der Waals surface area contributed by atoms with Gasteiger partial charge in [-0.2, -0.15) is 9.90 Å². The molecule has 8 nitrogen and oxygen atoms in total. The number of nitrogens with one attached hydrogen (secondary N) is 2. The van der Waals surface area contributed by atoms with E-state index in [0.717, 1.165) is 10.4 Å². The van der Waals surface area contributed by atoms with Gasteiger partial charge in [0.1, 0.15) is 0 Å². The minimum Gasteiger partial charge on any atom is -0.480 e. The van der Waals surface area contributed by atoms with Gasteiger partial charge < -0.3 is 10.4 Å². The Hall–Kier alpha value is -2.90. The Balaban J connectivity index is 1.92. The number of aryl methyl sites for hydroxylation is 1. The van der Waals surface area contributed by atoms with Crippen LogP contribution in [0.5, 0.6) is 0 Å². The standard InChI is InChI=1S/C12H13N5O3/c1-8-2-4-9(5-3-8)14-12(20)15-10-6-13-17(16-10)7-11(18)19/h2-6H,7H2,1H3,(H,18,19)(H2,14,15,16,20). The molecule has 8 heteroatoms. The predicted molar refractivity (Wildman–Crippen MR) is 71.5 cm³/mol. The second-order valence-electron chi connectivity index (χ2n) is 4.10. The minimum atomic E-state index is -1.06. The number of anilines is 2. The van der Waals surface area contributed by atoms with Crippen LogP contribution in [0.15, 0.2) is 30.5 Å². The van der Waals surface area contributed by atoms with Crippen LogP contribution in [0, 0.1) is 6.92 Å². The number of aromatic nitrogens is 3. The van der Waals surface area contributed by atoms with Crippen molar-refractivity contribution in [2.75, 3.05) is 10.6 Å². The zero-order chi connectivity index (χ0) is 14.5. The Labute approximate surface area is 114 Å². The molecule has 1 aromatic heterocycles. The van der Waals surface area contributed by atoms with Crippen molar-refractivity contribution in [2.45, 2.75) is 13.5 Å². The van der Waals surface area contributed by atoms with E-state index in [1.165, 1.54) is 6.20 Å². The van der Waals surface area contributed by atoms with Crippen molar-refractivity contribution in [3.8, 4) is 0 Å². The van der Waals surface area contributed by atoms with Gasteiger partial charge in [0.25, 0.3) is 0 Å². The number of nitrogens with zero attached hydrogens (tertiary/aromatic N) is 3. The Morgan fingerprint density at radius 2 is 1.95 bits per heavy atom. The van der Waals surface area contributed by atoms with Gasteiger partial charge in [-0.05, 0) is 19.1 Å². The summed E-state index contributed by atoms with van der Waals surface area (Å²) in [4.78, 5) is 23.1. The quantitative estimate of drug-likeness (QED) is 0.779. The third-order valence-electron chi connectivity index (χ3n) is 2.36. The van der Waals surface area contributed by atoms with Crippen molar-refractivity contribution in [2.24, 2.45) is 0 Å². The SMILES string of the molecule is Cc1ccc(NC(=O)Nc2cnn(CC(=O)O)n2)cc1. The van der Waals surface area contributed by atoms with E-state index in [1.807, 2.05) is 19.1 Å². The number of hydrogen-bond donors (Lipinski definition) is 3. The molecule has 0 aliphatic rings. The van der Waals surface area contributed by atoms with Crippen molar-refractivity contribution in [1.29, 1.82) is 0 Å². The number of carboxylic acids is 1. The lowest BCUT2D eigenvalue weighted by molar-refractivity contribution is -0.138. The highest BCUT2D eigenvalue weighted by molar-refractivity contribution is 5.98. The van der Waals surface area contributed by atoms with E-state index >= 15 is 0 Å². The first-order chi connectivity index (χ1) is 9.52. The zero-order valence-corrected chi connectivity index (χ0v) is 10.7. The minimum absolute atomic E-state index is 0.177. The number of carboxylic acid groups (broad SMARTS) is 1. The Kier molecular flexibility index (Phi) is 3.94. The lowest BCUT2D eigenvalue weighted by Crippen LogP contribution is -2.20. The number of carbonyl (C=O) groups excluding carboxylic acids is 1. The third kappa shape index (κ3) is 3.80. The van der Waals surface area contributed by atoms with Gasteiger partial charge in [-0.1, -0.05) is 17.7 Å². The molecule has 2 amide bonds. The van der Waals surface area contributed by atoms with Crippen LogP contribution in [0.25, 0.3) is 0 Å². The van der Waals surface area contributed by atoms with E-state index in [2.05, 4.69) is 20.8 Å². The predicted octanol–water partition coefficient (Wildman–Crippen LogP) is 1.32. The second-order valence-corrected chi connectivity index (χ2v) is 4.10. The average molecular weight is 275 g/mol. The number of urea groups is 1. The molecule has 104 valence electrons. The number of hydrogen-bond acceptors (Lipinski definition) is 4. The highest BCUT2D eigenvalue weighted by Crippen LogP contribution is 2.09. The van der Waals surface area contributed by atoms with Gasteiger partial charge >= 0.3 is 12.0 Å². The molecule has 0 spiro atoms. The fourth-order valence-corrected chi connectivity index (χ4v) is 1.47. The Bertz CT molecular complexity index is 620. The smallest absolute Gasteiger partial charge is 0.327 e. The van der Waals surface area contributed by atoms with Gasteiger partial charge in [0.15, 0.2) is 12.4 Å². The van der Waals surface area contributed by atoms with Crippen LogP contribution in [0.2, 0.25) is 0 Å². The molecule has 2 rings (SSSR count). The van der Waals surface area contributed by atoms with Crippen LogP contribution in [0.4, 0.5) is 16.3 Å². The number of carbonyl (C=O) groups is 2. The molecule has 0 unspecified atom stereocenters. The first kappa shape index (κ1) is 13.5. The van der Waals surface area contributed by atoms with Crippen molar-refractivity contribution in [3.63, 3.8) is 0 Å². The summed E-state index contributed by atoms with van der Waals surface area (Å²) in [6.45, 7) is 1.59. The average Bonchev–Trinajstić information content (AvgIpc) is 2.78. The lowest BCUT2D eigenvalue weighted by atomic mass is 10.2. The summed E-state index contributed by atoms with van der Waals surface area (Å²) in [7, 11) is 0. The second kappa shape index (κ2) is 5.83. The van der Waals surface area contributed by atoms with Gasteiger partial charge in [-0.3, -0.25) is 10.1 Å². The number of rotatable bonds is 4. The van der Waals surface area contributed by atoms with E-state index in [0.29, 0.717) is 5.69 Å². The molecule has 0 radical (unpaired) electrons. The molecule has 20 heavy (non-hydrogen) atoms. The molecule has 1 aromatic carbocycles. The van der Waals surface area contributed by atoms with Gasteiger partial charge in [0, 0.05) is 5.69 Å². The van der Waals surface area contributed by atoms with E-state index < -0.39 is 12.0 Å². The molecule has 0 saturated carbocycles. The molecule has 1 heterocycles. The highest BCUT2D eigenvalue weighted by atomic mass is 16.4. The van der Waals surface area contributed by atoms with Crippen LogP contribution in [-0.4, -0.2) is 32.1 Å². The maximum Gasteiger partial charge on any atom is 0.327 e. The molecule has 0 atom stereocenters. The first-order valence-electron chi connectivity index (χ1n) is 5.79. The number of aliphatic carboxylic acids is 1. The lowest BCUT2D eigenvalue weighted by Gasteiger charge is -2.05. The van der Waals surface area contributed by atoms with Crippen LogP contribution in [0.3, 0.4) is 0 Å². The summed E-state index contributed by atoms with van der Waals surface area (Å²) >= 11 is 0. The number of amides is 2. The summed E-state index contributed by atoms with van der Waals surface area (Å²) in [5.41, 5.74) is 1.73. The first-order valence-corrected chi connectivity index (χ1v) is 5.79. The Morgan fingerprint density at radius 3 is 2.60 bits per heavy atom. The van der Waals surface area contributed by atoms with E-state index in [9.17, 15) is 9.59 Å². The van der Waals surface area contributed by atoms with Gasteiger partial charge in [0.05, 0.1) is 6.20 Å². The van der Waals surface area contributed by atoms with Crippen molar-refractivity contribution < 1.29 is 14.7 Å². The normalized spacial score (nSPS) is 10.1. The van der Waals surface area contributed by atoms with Gasteiger partial charge in [0.2, 0.25) is 0 Å². The van der Waals surface area contributed by atoms with E-state index in [1.54, 1.807) is 12.1 Å². The molecule has 0 fully saturated rings. The fourth-order valence-electron chi connectivity index (χ4n) is 1.47. The van der Waals surface area contributed by atoms with Gasteiger partial charge in [-0.15, -0.1) is 5.10 Å². The number of benzene rings is 1. The van der Waals surface area contributed by atoms with Crippen LogP contribution in [0.1, 0.15) is 5.56 Å². The molecule has 0 aliphatic heterocycles. The summed E-state index contributed by atoms with van der Waals surface area (Å²) < 4.78 is 0. The third-order valence-corrected chi connectivity index (χ3v) is 2.36. The fraction of sp³-hybridized carbons (Fsp3) is 0.167. The maximum atomic E-state index is 11.7. The van der Waals surface area contributed by atoms with Crippen molar-refractivity contribution in [3.05, 3.63) is 36.0 Å².